The molecule has 1 aromatic heterocycles. The zero-order chi connectivity index (χ0) is 19.5. The molecule has 2 aromatic rings. The van der Waals surface area contributed by atoms with Crippen molar-refractivity contribution in [1.82, 2.24) is 10.3 Å². The molecule has 1 heterocycles. The monoisotopic (exact) mass is 385 g/mol. The van der Waals surface area contributed by atoms with Gasteiger partial charge < -0.3 is 15.7 Å². The fourth-order valence-corrected chi connectivity index (χ4v) is 2.77. The summed E-state index contributed by atoms with van der Waals surface area (Å²) in [5, 5.41) is 15.7. The number of aromatic hydroxyl groups is 1. The standard InChI is InChI=1S/C16H14F3N3O3S/c1-3-13(24)21-9-4-5-11(23)10(6-9)14(25)20-8(2)15-22-12(7-26-15)16(17,18)19/h3-8,23H,1H2,2H3,(H,20,25)(H,21,24). The second-order valence-electron chi connectivity index (χ2n) is 5.19. The summed E-state index contributed by atoms with van der Waals surface area (Å²) in [6.45, 7) is 4.77. The maximum atomic E-state index is 12.6. The van der Waals surface area contributed by atoms with Crippen molar-refractivity contribution < 1.29 is 27.9 Å². The van der Waals surface area contributed by atoms with Gasteiger partial charge in [0, 0.05) is 11.1 Å². The summed E-state index contributed by atoms with van der Waals surface area (Å²) < 4.78 is 37.8. The highest BCUT2D eigenvalue weighted by atomic mass is 32.1. The van der Waals surface area contributed by atoms with Crippen molar-refractivity contribution in [3.05, 3.63) is 52.5 Å². The molecule has 10 heteroatoms. The third-order valence-corrected chi connectivity index (χ3v) is 4.25. The number of nitrogens with zero attached hydrogens (tertiary/aromatic N) is 1. The first-order chi connectivity index (χ1) is 12.1. The number of phenols is 1. The van der Waals surface area contributed by atoms with Gasteiger partial charge in [-0.15, -0.1) is 11.3 Å². The van der Waals surface area contributed by atoms with Gasteiger partial charge in [0.25, 0.3) is 5.91 Å². The van der Waals surface area contributed by atoms with E-state index in [-0.39, 0.29) is 22.0 Å². The molecule has 0 radical (unpaired) electrons. The molecule has 6 nitrogen and oxygen atoms in total. The van der Waals surface area contributed by atoms with Gasteiger partial charge in [-0.2, -0.15) is 13.2 Å². The number of hydrogen-bond donors (Lipinski definition) is 3. The summed E-state index contributed by atoms with van der Waals surface area (Å²) in [7, 11) is 0. The Morgan fingerprint density at radius 3 is 2.65 bits per heavy atom. The van der Waals surface area contributed by atoms with Gasteiger partial charge in [-0.25, -0.2) is 4.98 Å². The summed E-state index contributed by atoms with van der Waals surface area (Å²) in [5.41, 5.74) is -0.930. The zero-order valence-electron chi connectivity index (χ0n) is 13.4. The Kier molecular flexibility index (Phi) is 5.66. The maximum absolute atomic E-state index is 12.6. The molecular formula is C16H14F3N3O3S. The molecule has 2 rings (SSSR count). The van der Waals surface area contributed by atoms with E-state index in [2.05, 4.69) is 22.2 Å². The Hall–Kier alpha value is -2.88. The average molecular weight is 385 g/mol. The molecule has 3 N–H and O–H groups in total. The number of amides is 2. The quantitative estimate of drug-likeness (QED) is 0.543. The van der Waals surface area contributed by atoms with Gasteiger partial charge in [-0.3, -0.25) is 9.59 Å². The van der Waals surface area contributed by atoms with E-state index in [9.17, 15) is 27.9 Å². The molecule has 1 unspecified atom stereocenters. The number of halogens is 3. The summed E-state index contributed by atoms with van der Waals surface area (Å²) in [6, 6.07) is 3.02. The lowest BCUT2D eigenvalue weighted by atomic mass is 10.1. The van der Waals surface area contributed by atoms with Crippen molar-refractivity contribution >= 4 is 28.8 Å². The van der Waals surface area contributed by atoms with E-state index in [1.54, 1.807) is 0 Å². The molecule has 0 saturated heterocycles. The highest BCUT2D eigenvalue weighted by Crippen LogP contribution is 2.32. The number of hydrogen-bond acceptors (Lipinski definition) is 5. The lowest BCUT2D eigenvalue weighted by molar-refractivity contribution is -0.140. The molecule has 0 fully saturated rings. The number of benzene rings is 1. The van der Waals surface area contributed by atoms with Crippen LogP contribution in [0.25, 0.3) is 0 Å². The number of aromatic nitrogens is 1. The number of anilines is 1. The number of phenolic OH excluding ortho intramolecular Hbond substituents is 1. The Labute approximate surface area is 150 Å². The predicted octanol–water partition coefficient (Wildman–Crippen LogP) is 3.48. The van der Waals surface area contributed by atoms with Crippen molar-refractivity contribution in [1.29, 1.82) is 0 Å². The van der Waals surface area contributed by atoms with Crippen LogP contribution in [0.2, 0.25) is 0 Å². The molecule has 138 valence electrons. The van der Waals surface area contributed by atoms with E-state index in [0.717, 1.165) is 22.8 Å². The number of carbonyl (C=O) groups is 2. The highest BCUT2D eigenvalue weighted by Gasteiger charge is 2.34. The molecule has 0 bridgehead atoms. The minimum atomic E-state index is -4.56. The molecule has 0 spiro atoms. The molecule has 26 heavy (non-hydrogen) atoms. The highest BCUT2D eigenvalue weighted by molar-refractivity contribution is 7.09. The number of alkyl halides is 3. The fraction of sp³-hybridized carbons (Fsp3) is 0.188. The van der Waals surface area contributed by atoms with Gasteiger partial charge >= 0.3 is 6.18 Å². The van der Waals surface area contributed by atoms with Gasteiger partial charge in [0.05, 0.1) is 11.6 Å². The van der Waals surface area contributed by atoms with E-state index in [4.69, 9.17) is 0 Å². The van der Waals surface area contributed by atoms with E-state index in [0.29, 0.717) is 0 Å². The molecular weight excluding hydrogens is 371 g/mol. The van der Waals surface area contributed by atoms with Gasteiger partial charge in [0.15, 0.2) is 5.69 Å². The van der Waals surface area contributed by atoms with Crippen LogP contribution in [-0.4, -0.2) is 21.9 Å². The fourth-order valence-electron chi connectivity index (χ4n) is 1.94. The van der Waals surface area contributed by atoms with Gasteiger partial charge in [-0.05, 0) is 31.2 Å². The van der Waals surface area contributed by atoms with Crippen LogP contribution < -0.4 is 10.6 Å². The van der Waals surface area contributed by atoms with E-state index >= 15 is 0 Å². The van der Waals surface area contributed by atoms with E-state index in [1.165, 1.54) is 25.1 Å². The van der Waals surface area contributed by atoms with Crippen LogP contribution in [0.4, 0.5) is 18.9 Å². The van der Waals surface area contributed by atoms with Gasteiger partial charge in [-0.1, -0.05) is 6.58 Å². The largest absolute Gasteiger partial charge is 0.507 e. The lowest BCUT2D eigenvalue weighted by Crippen LogP contribution is -2.27. The number of nitrogens with one attached hydrogen (secondary N) is 2. The van der Waals surface area contributed by atoms with E-state index < -0.39 is 29.7 Å². The molecule has 0 aliphatic rings. The second kappa shape index (κ2) is 7.56. The Balaban J connectivity index is 2.16. The topological polar surface area (TPSA) is 91.3 Å². The first kappa shape index (κ1) is 19.4. The Bertz CT molecular complexity index is 849. The van der Waals surface area contributed by atoms with Crippen molar-refractivity contribution in [2.45, 2.75) is 19.1 Å². The number of rotatable bonds is 5. The SMILES string of the molecule is C=CC(=O)Nc1ccc(O)c(C(=O)NC(C)c2nc(C(F)(F)F)cs2)c1. The Morgan fingerprint density at radius 2 is 2.08 bits per heavy atom. The molecule has 1 atom stereocenters. The third-order valence-electron chi connectivity index (χ3n) is 3.22. The lowest BCUT2D eigenvalue weighted by Gasteiger charge is -2.13. The van der Waals surface area contributed by atoms with Gasteiger partial charge in [0.2, 0.25) is 5.91 Å². The average Bonchev–Trinajstić information content (AvgIpc) is 3.06. The van der Waals surface area contributed by atoms with Crippen molar-refractivity contribution in [3.63, 3.8) is 0 Å². The van der Waals surface area contributed by atoms with Crippen molar-refractivity contribution in [3.8, 4) is 5.75 Å². The molecule has 1 aromatic carbocycles. The minimum absolute atomic E-state index is 0.0706. The van der Waals surface area contributed by atoms with Crippen LogP contribution in [0.5, 0.6) is 5.75 Å². The van der Waals surface area contributed by atoms with Crippen LogP contribution in [0.3, 0.4) is 0 Å². The third kappa shape index (κ3) is 4.60. The van der Waals surface area contributed by atoms with Crippen molar-refractivity contribution in [2.75, 3.05) is 5.32 Å². The molecule has 0 aliphatic carbocycles. The molecule has 0 aliphatic heterocycles. The second-order valence-corrected chi connectivity index (χ2v) is 6.08. The van der Waals surface area contributed by atoms with Gasteiger partial charge in [0.1, 0.15) is 10.8 Å². The van der Waals surface area contributed by atoms with Crippen LogP contribution in [0.15, 0.2) is 36.2 Å². The first-order valence-corrected chi connectivity index (χ1v) is 8.09. The maximum Gasteiger partial charge on any atom is 0.434 e. The molecule has 0 saturated carbocycles. The number of carbonyl (C=O) groups excluding carboxylic acids is 2. The van der Waals surface area contributed by atoms with Crippen LogP contribution in [0.1, 0.15) is 34.0 Å². The summed E-state index contributed by atoms with van der Waals surface area (Å²) in [4.78, 5) is 27.1. The zero-order valence-corrected chi connectivity index (χ0v) is 14.2. The predicted molar refractivity (Wildman–Crippen MR) is 89.9 cm³/mol. The van der Waals surface area contributed by atoms with Crippen LogP contribution >= 0.6 is 11.3 Å². The summed E-state index contributed by atoms with van der Waals surface area (Å²) in [6.07, 6.45) is -3.52. The first-order valence-electron chi connectivity index (χ1n) is 7.21. The van der Waals surface area contributed by atoms with Crippen molar-refractivity contribution in [2.24, 2.45) is 0 Å². The number of thiazole rings is 1. The Morgan fingerprint density at radius 1 is 1.38 bits per heavy atom. The van der Waals surface area contributed by atoms with Crippen LogP contribution in [-0.2, 0) is 11.0 Å². The summed E-state index contributed by atoms with van der Waals surface area (Å²) >= 11 is 0.764. The normalized spacial score (nSPS) is 12.3. The minimum Gasteiger partial charge on any atom is -0.507 e. The molecule has 2 amide bonds. The van der Waals surface area contributed by atoms with E-state index in [1.807, 2.05) is 0 Å². The van der Waals surface area contributed by atoms with Crippen LogP contribution in [0, 0.1) is 0 Å². The smallest absolute Gasteiger partial charge is 0.434 e. The summed E-state index contributed by atoms with van der Waals surface area (Å²) in [5.74, 6) is -1.58.